The number of carbonyl (C=O) groups excluding carboxylic acids is 2. The van der Waals surface area contributed by atoms with Crippen LogP contribution in [-0.4, -0.2) is 29.5 Å². The molecule has 6 heteroatoms. The topological polar surface area (TPSA) is 68.3 Å². The highest BCUT2D eigenvalue weighted by molar-refractivity contribution is 9.10. The molecule has 114 valence electrons. The molecule has 0 spiro atoms. The van der Waals surface area contributed by atoms with E-state index in [0.29, 0.717) is 16.8 Å². The zero-order valence-electron chi connectivity index (χ0n) is 12.0. The minimum atomic E-state index is -0.130. The molecule has 0 bridgehead atoms. The van der Waals surface area contributed by atoms with Crippen LogP contribution in [0.5, 0.6) is 0 Å². The van der Waals surface area contributed by atoms with Crippen LogP contribution in [0.3, 0.4) is 0 Å². The first-order valence-electron chi connectivity index (χ1n) is 7.19. The van der Waals surface area contributed by atoms with E-state index in [2.05, 4.69) is 26.2 Å². The summed E-state index contributed by atoms with van der Waals surface area (Å²) in [5.41, 5.74) is 0.532. The van der Waals surface area contributed by atoms with Crippen molar-refractivity contribution < 1.29 is 14.3 Å². The van der Waals surface area contributed by atoms with Gasteiger partial charge in [-0.2, -0.15) is 0 Å². The van der Waals surface area contributed by atoms with Gasteiger partial charge in [0.05, 0.1) is 18.1 Å². The van der Waals surface area contributed by atoms with E-state index < -0.39 is 0 Å². The van der Waals surface area contributed by atoms with Gasteiger partial charge >= 0.3 is 5.97 Å². The molecule has 0 aliphatic heterocycles. The smallest absolute Gasteiger partial charge is 0.308 e. The van der Waals surface area contributed by atoms with Crippen LogP contribution in [0.4, 0.5) is 0 Å². The first-order valence-corrected chi connectivity index (χ1v) is 7.99. The maximum absolute atomic E-state index is 12.2. The van der Waals surface area contributed by atoms with Gasteiger partial charge in [-0.3, -0.25) is 9.59 Å². The van der Waals surface area contributed by atoms with Crippen LogP contribution < -0.4 is 5.32 Å². The molecule has 0 radical (unpaired) electrons. The minimum absolute atomic E-state index is 0.0248. The van der Waals surface area contributed by atoms with Crippen molar-refractivity contribution in [2.24, 2.45) is 5.92 Å². The predicted molar refractivity (Wildman–Crippen MR) is 81.8 cm³/mol. The van der Waals surface area contributed by atoms with Crippen LogP contribution in [0.15, 0.2) is 22.9 Å². The third-order valence-corrected chi connectivity index (χ3v) is 4.32. The molecule has 2 rings (SSSR count). The number of nitrogens with one attached hydrogen (secondary N) is 1. The number of rotatable bonds is 4. The number of carbonyl (C=O) groups is 2. The van der Waals surface area contributed by atoms with Gasteiger partial charge in [-0.15, -0.1) is 0 Å². The summed E-state index contributed by atoms with van der Waals surface area (Å²) in [6.45, 7) is 2.24. The number of pyridine rings is 1. The van der Waals surface area contributed by atoms with Gasteiger partial charge in [-0.1, -0.05) is 0 Å². The fourth-order valence-corrected chi connectivity index (χ4v) is 2.98. The molecule has 5 nitrogen and oxygen atoms in total. The lowest BCUT2D eigenvalue weighted by Gasteiger charge is -2.27. The molecule has 1 amide bonds. The Labute approximate surface area is 132 Å². The fraction of sp³-hybridized carbons (Fsp3) is 0.533. The molecule has 0 aromatic carbocycles. The van der Waals surface area contributed by atoms with Gasteiger partial charge in [0, 0.05) is 12.2 Å². The normalized spacial score (nSPS) is 21.6. The van der Waals surface area contributed by atoms with Gasteiger partial charge in [-0.25, -0.2) is 4.98 Å². The molecule has 1 saturated carbocycles. The van der Waals surface area contributed by atoms with Crippen molar-refractivity contribution >= 4 is 27.8 Å². The number of esters is 1. The molecule has 0 saturated heterocycles. The van der Waals surface area contributed by atoms with Gasteiger partial charge in [0.2, 0.25) is 0 Å². The molecule has 1 aromatic heterocycles. The van der Waals surface area contributed by atoms with Crippen LogP contribution in [0.1, 0.15) is 43.0 Å². The van der Waals surface area contributed by atoms with Crippen LogP contribution in [0.2, 0.25) is 0 Å². The summed E-state index contributed by atoms with van der Waals surface area (Å²) < 4.78 is 5.59. The summed E-state index contributed by atoms with van der Waals surface area (Å²) >= 11 is 3.27. The number of nitrogens with zero attached hydrogens (tertiary/aromatic N) is 1. The lowest BCUT2D eigenvalue weighted by atomic mass is 9.86. The zero-order valence-corrected chi connectivity index (χ0v) is 13.6. The summed E-state index contributed by atoms with van der Waals surface area (Å²) in [5, 5.41) is 3.01. The van der Waals surface area contributed by atoms with Crippen molar-refractivity contribution in [3.05, 3.63) is 28.5 Å². The molecule has 0 atom stereocenters. The Bertz CT molecular complexity index is 513. The summed E-state index contributed by atoms with van der Waals surface area (Å²) in [7, 11) is 0. The number of aromatic nitrogens is 1. The maximum Gasteiger partial charge on any atom is 0.308 e. The fourth-order valence-electron chi connectivity index (χ4n) is 2.55. The summed E-state index contributed by atoms with van der Waals surface area (Å²) in [4.78, 5) is 27.9. The third kappa shape index (κ3) is 4.27. The molecule has 1 aliphatic carbocycles. The van der Waals surface area contributed by atoms with Crippen LogP contribution >= 0.6 is 15.9 Å². The summed E-state index contributed by atoms with van der Waals surface area (Å²) in [6, 6.07) is 3.57. The Morgan fingerprint density at radius 1 is 1.38 bits per heavy atom. The first-order chi connectivity index (χ1) is 10.1. The van der Waals surface area contributed by atoms with Crippen molar-refractivity contribution in [3.63, 3.8) is 0 Å². The van der Waals surface area contributed by atoms with Crippen LogP contribution in [0.25, 0.3) is 0 Å². The van der Waals surface area contributed by atoms with E-state index in [-0.39, 0.29) is 23.8 Å². The Morgan fingerprint density at radius 2 is 2.10 bits per heavy atom. The van der Waals surface area contributed by atoms with Crippen molar-refractivity contribution in [3.8, 4) is 0 Å². The van der Waals surface area contributed by atoms with E-state index >= 15 is 0 Å². The predicted octanol–water partition coefficient (Wildman–Crippen LogP) is 2.70. The minimum Gasteiger partial charge on any atom is -0.466 e. The highest BCUT2D eigenvalue weighted by atomic mass is 79.9. The van der Waals surface area contributed by atoms with Gasteiger partial charge < -0.3 is 10.1 Å². The second-order valence-corrected chi connectivity index (χ2v) is 5.87. The maximum atomic E-state index is 12.2. The lowest BCUT2D eigenvalue weighted by molar-refractivity contribution is -0.149. The molecule has 1 aliphatic rings. The molecule has 1 aromatic rings. The Hall–Kier alpha value is -1.43. The zero-order chi connectivity index (χ0) is 15.2. The quantitative estimate of drug-likeness (QED) is 0.666. The number of halogens is 1. The Morgan fingerprint density at radius 3 is 2.71 bits per heavy atom. The van der Waals surface area contributed by atoms with Crippen LogP contribution in [0, 0.1) is 5.92 Å². The first kappa shape index (κ1) is 15.9. The number of hydrogen-bond donors (Lipinski definition) is 1. The molecule has 1 N–H and O–H groups in total. The van der Waals surface area contributed by atoms with E-state index in [4.69, 9.17) is 4.74 Å². The molecule has 0 unspecified atom stereocenters. The monoisotopic (exact) mass is 354 g/mol. The number of ether oxygens (including phenoxy) is 1. The van der Waals surface area contributed by atoms with E-state index in [0.717, 1.165) is 25.7 Å². The SMILES string of the molecule is CCOC(=O)C1CCC(NC(=O)c2cccnc2Br)CC1. The van der Waals surface area contributed by atoms with Crippen LogP contribution in [-0.2, 0) is 9.53 Å². The lowest BCUT2D eigenvalue weighted by Crippen LogP contribution is -2.39. The molecule has 21 heavy (non-hydrogen) atoms. The highest BCUT2D eigenvalue weighted by Gasteiger charge is 2.28. The van der Waals surface area contributed by atoms with Gasteiger partial charge in [0.25, 0.3) is 5.91 Å². The second kappa shape index (κ2) is 7.54. The van der Waals surface area contributed by atoms with E-state index in [1.54, 1.807) is 18.3 Å². The van der Waals surface area contributed by atoms with Gasteiger partial charge in [-0.05, 0) is 60.7 Å². The molecular formula is C15H19BrN2O3. The Kier molecular flexibility index (Phi) is 5.73. The van der Waals surface area contributed by atoms with E-state index in [1.807, 2.05) is 6.92 Å². The summed E-state index contributed by atoms with van der Waals surface area (Å²) in [6.07, 6.45) is 4.75. The number of hydrogen-bond acceptors (Lipinski definition) is 4. The third-order valence-electron chi connectivity index (χ3n) is 3.69. The number of amides is 1. The molecule has 1 heterocycles. The highest BCUT2D eigenvalue weighted by Crippen LogP contribution is 2.26. The van der Waals surface area contributed by atoms with E-state index in [9.17, 15) is 9.59 Å². The summed E-state index contributed by atoms with van der Waals surface area (Å²) in [5.74, 6) is -0.268. The largest absolute Gasteiger partial charge is 0.466 e. The van der Waals surface area contributed by atoms with Crippen molar-refractivity contribution in [1.29, 1.82) is 0 Å². The molecular weight excluding hydrogens is 336 g/mol. The van der Waals surface area contributed by atoms with Gasteiger partial charge in [0.15, 0.2) is 0 Å². The average molecular weight is 355 g/mol. The van der Waals surface area contributed by atoms with Crippen molar-refractivity contribution in [2.45, 2.75) is 38.6 Å². The standard InChI is InChI=1S/C15H19BrN2O3/c1-2-21-15(20)10-5-7-11(8-6-10)18-14(19)12-4-3-9-17-13(12)16/h3-4,9-11H,2,5-8H2,1H3,(H,18,19). The van der Waals surface area contributed by atoms with Gasteiger partial charge in [0.1, 0.15) is 4.60 Å². The molecule has 1 fully saturated rings. The Balaban J connectivity index is 1.85. The average Bonchev–Trinajstić information content (AvgIpc) is 2.48. The van der Waals surface area contributed by atoms with Crippen molar-refractivity contribution in [2.75, 3.05) is 6.61 Å². The second-order valence-electron chi connectivity index (χ2n) is 5.12. The van der Waals surface area contributed by atoms with E-state index in [1.165, 1.54) is 0 Å². The van der Waals surface area contributed by atoms with Crippen molar-refractivity contribution in [1.82, 2.24) is 10.3 Å².